The van der Waals surface area contributed by atoms with Crippen LogP contribution in [0.25, 0.3) is 0 Å². The summed E-state index contributed by atoms with van der Waals surface area (Å²) in [5.74, 6) is 0. The lowest BCUT2D eigenvalue weighted by Crippen LogP contribution is -1.98. The van der Waals surface area contributed by atoms with Crippen molar-refractivity contribution in [3.05, 3.63) is 27.7 Å². The van der Waals surface area contributed by atoms with Gasteiger partial charge in [0, 0.05) is 23.6 Å². The Morgan fingerprint density at radius 1 is 1.47 bits per heavy atom. The van der Waals surface area contributed by atoms with E-state index in [1.54, 1.807) is 0 Å². The lowest BCUT2D eigenvalue weighted by atomic mass is 10.0. The van der Waals surface area contributed by atoms with Crippen LogP contribution in [0, 0.1) is 6.92 Å². The highest BCUT2D eigenvalue weighted by atomic mass is 79.9. The molecule has 0 saturated carbocycles. The number of halogens is 1. The highest BCUT2D eigenvalue weighted by Gasteiger charge is 2.07. The molecule has 0 unspecified atom stereocenters. The van der Waals surface area contributed by atoms with E-state index in [0.717, 1.165) is 29.3 Å². The molecule has 0 radical (unpaired) electrons. The van der Waals surface area contributed by atoms with E-state index in [1.165, 1.54) is 11.1 Å². The second kappa shape index (κ2) is 5.91. The molecule has 0 saturated heterocycles. The number of carbonyl (C=O) groups excluding carboxylic acids is 1. The SMILES string of the molecule is CNc1ccc(C)c(Br)c1CCCC=O. The van der Waals surface area contributed by atoms with Gasteiger partial charge in [0.1, 0.15) is 6.29 Å². The molecular formula is C12H16BrNO. The maximum atomic E-state index is 10.3. The summed E-state index contributed by atoms with van der Waals surface area (Å²) in [5.41, 5.74) is 3.63. The molecule has 0 aliphatic heterocycles. The Balaban J connectivity index is 2.91. The third-order valence-electron chi connectivity index (χ3n) is 2.45. The van der Waals surface area contributed by atoms with Gasteiger partial charge in [-0.3, -0.25) is 0 Å². The van der Waals surface area contributed by atoms with E-state index in [0.29, 0.717) is 6.42 Å². The Morgan fingerprint density at radius 3 is 2.80 bits per heavy atom. The minimum atomic E-state index is 0.629. The van der Waals surface area contributed by atoms with Crippen molar-refractivity contribution in [3.63, 3.8) is 0 Å². The maximum absolute atomic E-state index is 10.3. The van der Waals surface area contributed by atoms with E-state index in [-0.39, 0.29) is 0 Å². The number of anilines is 1. The van der Waals surface area contributed by atoms with Gasteiger partial charge in [-0.2, -0.15) is 0 Å². The van der Waals surface area contributed by atoms with Crippen LogP contribution in [0.4, 0.5) is 5.69 Å². The molecular weight excluding hydrogens is 254 g/mol. The molecule has 0 bridgehead atoms. The molecule has 0 spiro atoms. The van der Waals surface area contributed by atoms with E-state index in [1.807, 2.05) is 7.05 Å². The normalized spacial score (nSPS) is 10.1. The quantitative estimate of drug-likeness (QED) is 0.657. The van der Waals surface area contributed by atoms with E-state index in [2.05, 4.69) is 40.3 Å². The molecule has 15 heavy (non-hydrogen) atoms. The van der Waals surface area contributed by atoms with E-state index >= 15 is 0 Å². The molecule has 0 aliphatic rings. The van der Waals surface area contributed by atoms with Crippen LogP contribution < -0.4 is 5.32 Å². The highest BCUT2D eigenvalue weighted by molar-refractivity contribution is 9.10. The molecule has 2 nitrogen and oxygen atoms in total. The van der Waals surface area contributed by atoms with Gasteiger partial charge < -0.3 is 10.1 Å². The monoisotopic (exact) mass is 269 g/mol. The van der Waals surface area contributed by atoms with Gasteiger partial charge in [0.15, 0.2) is 0 Å². The van der Waals surface area contributed by atoms with Crippen molar-refractivity contribution in [2.75, 3.05) is 12.4 Å². The predicted octanol–water partition coefficient (Wildman–Crippen LogP) is 3.32. The van der Waals surface area contributed by atoms with Gasteiger partial charge in [0.25, 0.3) is 0 Å². The summed E-state index contributed by atoms with van der Waals surface area (Å²) in [6, 6.07) is 4.16. The largest absolute Gasteiger partial charge is 0.388 e. The number of carbonyl (C=O) groups is 1. The minimum absolute atomic E-state index is 0.629. The van der Waals surface area contributed by atoms with E-state index in [4.69, 9.17) is 0 Å². The van der Waals surface area contributed by atoms with E-state index in [9.17, 15) is 4.79 Å². The van der Waals surface area contributed by atoms with Crippen molar-refractivity contribution >= 4 is 27.9 Å². The fourth-order valence-corrected chi connectivity index (χ4v) is 2.12. The number of aldehydes is 1. The second-order valence-electron chi connectivity index (χ2n) is 3.53. The van der Waals surface area contributed by atoms with Crippen LogP contribution >= 0.6 is 15.9 Å². The van der Waals surface area contributed by atoms with Crippen molar-refractivity contribution in [2.45, 2.75) is 26.2 Å². The zero-order valence-electron chi connectivity index (χ0n) is 9.14. The van der Waals surface area contributed by atoms with Crippen molar-refractivity contribution in [2.24, 2.45) is 0 Å². The molecule has 1 rings (SSSR count). The molecule has 0 heterocycles. The Labute approximate surface area is 99.2 Å². The smallest absolute Gasteiger partial charge is 0.120 e. The van der Waals surface area contributed by atoms with Crippen LogP contribution in [0.2, 0.25) is 0 Å². The van der Waals surface area contributed by atoms with Crippen molar-refractivity contribution < 1.29 is 4.79 Å². The number of hydrogen-bond donors (Lipinski definition) is 1. The Hall–Kier alpha value is -0.830. The van der Waals surface area contributed by atoms with Crippen LogP contribution in [0.3, 0.4) is 0 Å². The third-order valence-corrected chi connectivity index (χ3v) is 3.56. The molecule has 82 valence electrons. The third kappa shape index (κ3) is 3.06. The maximum Gasteiger partial charge on any atom is 0.120 e. The van der Waals surface area contributed by atoms with Gasteiger partial charge in [0.2, 0.25) is 0 Å². The Morgan fingerprint density at radius 2 is 2.20 bits per heavy atom. The summed E-state index contributed by atoms with van der Waals surface area (Å²) >= 11 is 3.60. The number of rotatable bonds is 5. The zero-order chi connectivity index (χ0) is 11.3. The van der Waals surface area contributed by atoms with Gasteiger partial charge in [-0.15, -0.1) is 0 Å². The van der Waals surface area contributed by atoms with Crippen LogP contribution in [-0.4, -0.2) is 13.3 Å². The van der Waals surface area contributed by atoms with Crippen molar-refractivity contribution in [1.82, 2.24) is 0 Å². The van der Waals surface area contributed by atoms with Crippen LogP contribution in [0.1, 0.15) is 24.0 Å². The first-order valence-electron chi connectivity index (χ1n) is 5.10. The number of nitrogens with one attached hydrogen (secondary N) is 1. The predicted molar refractivity (Wildman–Crippen MR) is 67.4 cm³/mol. The van der Waals surface area contributed by atoms with Gasteiger partial charge in [-0.05, 0) is 37.0 Å². The highest BCUT2D eigenvalue weighted by Crippen LogP contribution is 2.29. The lowest BCUT2D eigenvalue weighted by molar-refractivity contribution is -0.107. The Bertz CT molecular complexity index is 350. The van der Waals surface area contributed by atoms with Gasteiger partial charge in [-0.25, -0.2) is 0 Å². The van der Waals surface area contributed by atoms with Gasteiger partial charge >= 0.3 is 0 Å². The van der Waals surface area contributed by atoms with Gasteiger partial charge in [0.05, 0.1) is 0 Å². The molecule has 1 N–H and O–H groups in total. The first-order valence-corrected chi connectivity index (χ1v) is 5.89. The first kappa shape index (κ1) is 12.2. The molecule has 3 heteroatoms. The molecule has 0 aromatic heterocycles. The second-order valence-corrected chi connectivity index (χ2v) is 4.32. The summed E-state index contributed by atoms with van der Waals surface area (Å²) in [7, 11) is 1.92. The van der Waals surface area contributed by atoms with Crippen LogP contribution in [0.5, 0.6) is 0 Å². The number of hydrogen-bond acceptors (Lipinski definition) is 2. The summed E-state index contributed by atoms with van der Waals surface area (Å²) in [6.07, 6.45) is 3.43. The molecule has 0 amide bonds. The standard InChI is InChI=1S/C12H16BrNO/c1-9-6-7-11(14-2)10(12(9)13)5-3-4-8-15/h6-8,14H,3-5H2,1-2H3. The molecule has 0 fully saturated rings. The number of aryl methyl sites for hydroxylation is 1. The molecule has 1 aromatic rings. The van der Waals surface area contributed by atoms with Gasteiger partial charge in [-0.1, -0.05) is 22.0 Å². The first-order chi connectivity index (χ1) is 7.20. The number of unbranched alkanes of at least 4 members (excludes halogenated alkanes) is 1. The fraction of sp³-hybridized carbons (Fsp3) is 0.417. The van der Waals surface area contributed by atoms with E-state index < -0.39 is 0 Å². The average Bonchev–Trinajstić information content (AvgIpc) is 2.25. The van der Waals surface area contributed by atoms with Crippen LogP contribution in [-0.2, 0) is 11.2 Å². The molecule has 0 atom stereocenters. The Kier molecular flexibility index (Phi) is 4.82. The van der Waals surface area contributed by atoms with Crippen LogP contribution in [0.15, 0.2) is 16.6 Å². The summed E-state index contributed by atoms with van der Waals surface area (Å²) < 4.78 is 1.15. The van der Waals surface area contributed by atoms with Crippen molar-refractivity contribution in [1.29, 1.82) is 0 Å². The fourth-order valence-electron chi connectivity index (χ4n) is 1.58. The summed E-state index contributed by atoms with van der Waals surface area (Å²) in [6.45, 7) is 2.08. The lowest BCUT2D eigenvalue weighted by Gasteiger charge is -2.12. The van der Waals surface area contributed by atoms with Crippen molar-refractivity contribution in [3.8, 4) is 0 Å². The summed E-state index contributed by atoms with van der Waals surface area (Å²) in [5, 5.41) is 3.17. The topological polar surface area (TPSA) is 29.1 Å². The summed E-state index contributed by atoms with van der Waals surface area (Å²) in [4.78, 5) is 10.3. The average molecular weight is 270 g/mol. The molecule has 0 aliphatic carbocycles. The minimum Gasteiger partial charge on any atom is -0.388 e. The zero-order valence-corrected chi connectivity index (χ0v) is 10.7. The number of benzene rings is 1. The molecule has 1 aromatic carbocycles.